The van der Waals surface area contributed by atoms with Crippen LogP contribution in [0.1, 0.15) is 25.0 Å². The van der Waals surface area contributed by atoms with Crippen molar-refractivity contribution in [1.29, 1.82) is 0 Å². The normalized spacial score (nSPS) is 20.6. The summed E-state index contributed by atoms with van der Waals surface area (Å²) in [6, 6.07) is 5.36. The Labute approximate surface area is 127 Å². The molecule has 2 rings (SSSR count). The van der Waals surface area contributed by atoms with Crippen molar-refractivity contribution in [1.82, 2.24) is 9.62 Å². The van der Waals surface area contributed by atoms with E-state index in [1.54, 1.807) is 12.1 Å². The first-order chi connectivity index (χ1) is 9.95. The van der Waals surface area contributed by atoms with Crippen LogP contribution in [-0.4, -0.2) is 45.1 Å². The predicted molar refractivity (Wildman–Crippen MR) is 82.7 cm³/mol. The number of morpholine rings is 1. The minimum Gasteiger partial charge on any atom is -0.376 e. The molecule has 6 heteroatoms. The fraction of sp³-hybridized carbons (Fsp3) is 0.600. The second-order valence-corrected chi connectivity index (χ2v) is 7.35. The Morgan fingerprint density at radius 1 is 1.43 bits per heavy atom. The largest absolute Gasteiger partial charge is 0.376 e. The van der Waals surface area contributed by atoms with Gasteiger partial charge in [-0.1, -0.05) is 13.0 Å². The van der Waals surface area contributed by atoms with Gasteiger partial charge in [-0.3, -0.25) is 0 Å². The van der Waals surface area contributed by atoms with Crippen LogP contribution in [0, 0.1) is 6.92 Å². The lowest BCUT2D eigenvalue weighted by atomic mass is 10.1. The summed E-state index contributed by atoms with van der Waals surface area (Å²) < 4.78 is 32.4. The number of aryl methyl sites for hydroxylation is 1. The van der Waals surface area contributed by atoms with Gasteiger partial charge in [-0.2, -0.15) is 4.31 Å². The van der Waals surface area contributed by atoms with Gasteiger partial charge in [-0.25, -0.2) is 8.42 Å². The molecular formula is C15H24N2O3S. The zero-order valence-electron chi connectivity index (χ0n) is 12.9. The molecule has 0 aromatic heterocycles. The number of hydrogen-bond donors (Lipinski definition) is 1. The number of ether oxygens (including phenoxy) is 1. The van der Waals surface area contributed by atoms with E-state index in [9.17, 15) is 8.42 Å². The van der Waals surface area contributed by atoms with Crippen molar-refractivity contribution in [3.8, 4) is 0 Å². The maximum absolute atomic E-state index is 12.7. The Balaban J connectivity index is 2.27. The van der Waals surface area contributed by atoms with Crippen LogP contribution in [0.3, 0.4) is 0 Å². The average Bonchev–Trinajstić information content (AvgIpc) is 2.46. The third-order valence-corrected chi connectivity index (χ3v) is 5.59. The second kappa shape index (κ2) is 6.87. The second-order valence-electron chi connectivity index (χ2n) is 5.41. The fourth-order valence-corrected chi connectivity index (χ4v) is 3.96. The highest BCUT2D eigenvalue weighted by Gasteiger charge is 2.29. The third kappa shape index (κ3) is 3.83. The van der Waals surface area contributed by atoms with Gasteiger partial charge in [-0.15, -0.1) is 0 Å². The van der Waals surface area contributed by atoms with Crippen LogP contribution >= 0.6 is 0 Å². The molecule has 0 radical (unpaired) electrons. The van der Waals surface area contributed by atoms with Crippen molar-refractivity contribution in [3.05, 3.63) is 29.3 Å². The summed E-state index contributed by atoms with van der Waals surface area (Å²) in [5.74, 6) is 0. The van der Waals surface area contributed by atoms with E-state index in [2.05, 4.69) is 5.32 Å². The number of hydrogen-bond acceptors (Lipinski definition) is 4. The highest BCUT2D eigenvalue weighted by Crippen LogP contribution is 2.21. The Morgan fingerprint density at radius 3 is 2.86 bits per heavy atom. The molecule has 1 aromatic carbocycles. The first-order valence-corrected chi connectivity index (χ1v) is 8.81. The van der Waals surface area contributed by atoms with Gasteiger partial charge in [0, 0.05) is 19.6 Å². The molecular weight excluding hydrogens is 288 g/mol. The molecule has 0 aliphatic carbocycles. The van der Waals surface area contributed by atoms with Crippen molar-refractivity contribution in [2.24, 2.45) is 0 Å². The van der Waals surface area contributed by atoms with Gasteiger partial charge >= 0.3 is 0 Å². The molecule has 1 saturated heterocycles. The lowest BCUT2D eigenvalue weighted by Gasteiger charge is -2.30. The fourth-order valence-electron chi connectivity index (χ4n) is 2.41. The monoisotopic (exact) mass is 312 g/mol. The number of nitrogens with one attached hydrogen (secondary N) is 1. The van der Waals surface area contributed by atoms with Crippen molar-refractivity contribution < 1.29 is 13.2 Å². The van der Waals surface area contributed by atoms with Gasteiger partial charge in [0.2, 0.25) is 10.0 Å². The molecule has 1 heterocycles. The molecule has 0 amide bonds. The molecule has 1 aromatic rings. The first kappa shape index (κ1) is 16.4. The zero-order valence-corrected chi connectivity index (χ0v) is 13.7. The van der Waals surface area contributed by atoms with Crippen LogP contribution in [0.25, 0.3) is 0 Å². The smallest absolute Gasteiger partial charge is 0.243 e. The molecule has 118 valence electrons. The van der Waals surface area contributed by atoms with Gasteiger partial charge in [0.25, 0.3) is 0 Å². The Hall–Kier alpha value is -0.950. The van der Waals surface area contributed by atoms with Crippen LogP contribution in [0.4, 0.5) is 0 Å². The summed E-state index contributed by atoms with van der Waals surface area (Å²) >= 11 is 0. The van der Waals surface area contributed by atoms with E-state index in [1.807, 2.05) is 26.8 Å². The Kier molecular flexibility index (Phi) is 5.37. The van der Waals surface area contributed by atoms with Gasteiger partial charge in [-0.05, 0) is 43.7 Å². The molecule has 0 spiro atoms. The molecule has 1 aliphatic heterocycles. The van der Waals surface area contributed by atoms with Crippen LogP contribution in [-0.2, 0) is 21.3 Å². The predicted octanol–water partition coefficient (Wildman–Crippen LogP) is 1.51. The summed E-state index contributed by atoms with van der Waals surface area (Å²) in [7, 11) is -3.43. The van der Waals surface area contributed by atoms with Crippen molar-refractivity contribution in [2.45, 2.75) is 38.3 Å². The SMILES string of the molecule is CCNCc1cc(S(=O)(=O)N2CCOC(C)C2)ccc1C. The van der Waals surface area contributed by atoms with Gasteiger partial charge < -0.3 is 10.1 Å². The number of rotatable bonds is 5. The van der Waals surface area contributed by atoms with Crippen molar-refractivity contribution in [2.75, 3.05) is 26.2 Å². The molecule has 1 fully saturated rings. The van der Waals surface area contributed by atoms with E-state index in [1.165, 1.54) is 4.31 Å². The van der Waals surface area contributed by atoms with Crippen LogP contribution in [0.2, 0.25) is 0 Å². The van der Waals surface area contributed by atoms with Crippen molar-refractivity contribution in [3.63, 3.8) is 0 Å². The lowest BCUT2D eigenvalue weighted by Crippen LogP contribution is -2.44. The lowest BCUT2D eigenvalue weighted by molar-refractivity contribution is 0.0102. The summed E-state index contributed by atoms with van der Waals surface area (Å²) in [4.78, 5) is 0.370. The highest BCUT2D eigenvalue weighted by atomic mass is 32.2. The van der Waals surface area contributed by atoms with E-state index in [0.717, 1.165) is 17.7 Å². The summed E-state index contributed by atoms with van der Waals surface area (Å²) in [5.41, 5.74) is 2.13. The molecule has 1 N–H and O–H groups in total. The number of benzene rings is 1. The van der Waals surface area contributed by atoms with E-state index < -0.39 is 10.0 Å². The van der Waals surface area contributed by atoms with Crippen LogP contribution in [0.5, 0.6) is 0 Å². The summed E-state index contributed by atoms with van der Waals surface area (Å²) in [6.07, 6.45) is -0.0554. The van der Waals surface area contributed by atoms with Gasteiger partial charge in [0.15, 0.2) is 0 Å². The molecule has 5 nitrogen and oxygen atoms in total. The van der Waals surface area contributed by atoms with Gasteiger partial charge in [0.05, 0.1) is 17.6 Å². The third-order valence-electron chi connectivity index (χ3n) is 3.73. The molecule has 1 unspecified atom stereocenters. The quantitative estimate of drug-likeness (QED) is 0.895. The van der Waals surface area contributed by atoms with E-state index >= 15 is 0 Å². The minimum absolute atomic E-state index is 0.0554. The maximum atomic E-state index is 12.7. The van der Waals surface area contributed by atoms with Crippen LogP contribution in [0.15, 0.2) is 23.1 Å². The van der Waals surface area contributed by atoms with Crippen LogP contribution < -0.4 is 5.32 Å². The average molecular weight is 312 g/mol. The van der Waals surface area contributed by atoms with E-state index in [0.29, 0.717) is 31.1 Å². The Morgan fingerprint density at radius 2 is 2.19 bits per heavy atom. The zero-order chi connectivity index (χ0) is 15.5. The molecule has 0 saturated carbocycles. The summed E-state index contributed by atoms with van der Waals surface area (Å²) in [5, 5.41) is 3.24. The van der Waals surface area contributed by atoms with E-state index in [-0.39, 0.29) is 6.10 Å². The standard InChI is InChI=1S/C15H24N2O3S/c1-4-16-10-14-9-15(6-5-12(14)2)21(18,19)17-7-8-20-13(3)11-17/h5-6,9,13,16H,4,7-8,10-11H2,1-3H3. The highest BCUT2D eigenvalue weighted by molar-refractivity contribution is 7.89. The Bertz CT molecular complexity index is 587. The van der Waals surface area contributed by atoms with Gasteiger partial charge in [0.1, 0.15) is 0 Å². The molecule has 1 atom stereocenters. The first-order valence-electron chi connectivity index (χ1n) is 7.37. The molecule has 21 heavy (non-hydrogen) atoms. The minimum atomic E-state index is -3.43. The topological polar surface area (TPSA) is 58.6 Å². The number of sulfonamides is 1. The summed E-state index contributed by atoms with van der Waals surface area (Å²) in [6.45, 7) is 8.76. The van der Waals surface area contributed by atoms with E-state index in [4.69, 9.17) is 4.74 Å². The molecule has 1 aliphatic rings. The maximum Gasteiger partial charge on any atom is 0.243 e. The molecule has 0 bridgehead atoms. The van der Waals surface area contributed by atoms with Crippen molar-refractivity contribution >= 4 is 10.0 Å². The number of nitrogens with zero attached hydrogens (tertiary/aromatic N) is 1.